The molecule has 1 aromatic carbocycles. The van der Waals surface area contributed by atoms with Crippen LogP contribution in [0.25, 0.3) is 0 Å². The molecule has 0 fully saturated rings. The first-order chi connectivity index (χ1) is 12.8. The number of methoxy groups -OCH3 is 1. The van der Waals surface area contributed by atoms with Crippen molar-refractivity contribution in [1.29, 1.82) is 0 Å². The van der Waals surface area contributed by atoms with E-state index < -0.39 is 10.0 Å². The van der Waals surface area contributed by atoms with Crippen LogP contribution in [0.15, 0.2) is 40.6 Å². The van der Waals surface area contributed by atoms with E-state index in [9.17, 15) is 13.2 Å². The van der Waals surface area contributed by atoms with E-state index in [1.54, 1.807) is 17.4 Å². The number of thiophene rings is 1. The van der Waals surface area contributed by atoms with Gasteiger partial charge < -0.3 is 15.4 Å². The van der Waals surface area contributed by atoms with Crippen molar-refractivity contribution in [2.45, 2.75) is 24.3 Å². The number of ether oxygens (including phenoxy) is 1. The van der Waals surface area contributed by atoms with Crippen molar-refractivity contribution < 1.29 is 17.9 Å². The van der Waals surface area contributed by atoms with Crippen molar-refractivity contribution in [3.05, 3.63) is 46.2 Å². The number of amides is 1. The van der Waals surface area contributed by atoms with Crippen molar-refractivity contribution >= 4 is 44.6 Å². The Labute approximate surface area is 168 Å². The molecule has 0 spiro atoms. The molecule has 0 aliphatic rings. The molecule has 7 nitrogen and oxygen atoms in total. The van der Waals surface area contributed by atoms with Crippen LogP contribution in [0.2, 0.25) is 0 Å². The van der Waals surface area contributed by atoms with Crippen LogP contribution in [0, 0.1) is 0 Å². The molecule has 0 aliphatic carbocycles. The third kappa shape index (κ3) is 5.65. The summed E-state index contributed by atoms with van der Waals surface area (Å²) < 4.78 is 32.4. The van der Waals surface area contributed by atoms with Gasteiger partial charge in [-0.1, -0.05) is 12.1 Å². The number of nitrogens with one attached hydrogen (secondary N) is 3. The summed E-state index contributed by atoms with van der Waals surface area (Å²) >= 11 is 6.43. The molecule has 10 heteroatoms. The molecule has 2 aromatic rings. The summed E-state index contributed by atoms with van der Waals surface area (Å²) in [6.45, 7) is 1.90. The van der Waals surface area contributed by atoms with E-state index >= 15 is 0 Å². The Bertz CT molecular complexity index is 912. The normalized spacial score (nSPS) is 12.1. The van der Waals surface area contributed by atoms with E-state index in [-0.39, 0.29) is 34.1 Å². The number of rotatable bonds is 7. The third-order valence-electron chi connectivity index (χ3n) is 3.68. The van der Waals surface area contributed by atoms with Crippen molar-refractivity contribution in [2.24, 2.45) is 0 Å². The topological polar surface area (TPSA) is 96.5 Å². The molecule has 27 heavy (non-hydrogen) atoms. The van der Waals surface area contributed by atoms with Gasteiger partial charge in [0.1, 0.15) is 10.6 Å². The standard InChI is InChI=1S/C17H21N3O4S3/c1-11(14-5-4-8-26-14)19-16(21)10-12-6-7-13(24-3)15(9-12)27(22,23)20-17(25)18-2/h4-9,11H,10H2,1-3H3,(H,19,21)(H2,18,20,25). The van der Waals surface area contributed by atoms with Crippen LogP contribution in [-0.4, -0.2) is 33.6 Å². The number of thiocarbonyl (C=S) groups is 1. The summed E-state index contributed by atoms with van der Waals surface area (Å²) in [5.41, 5.74) is 0.544. The Morgan fingerprint density at radius 1 is 1.33 bits per heavy atom. The fraction of sp³-hybridized carbons (Fsp3) is 0.294. The molecular formula is C17H21N3O4S3. The predicted molar refractivity (Wildman–Crippen MR) is 110 cm³/mol. The van der Waals surface area contributed by atoms with Crippen LogP contribution in [0.3, 0.4) is 0 Å². The lowest BCUT2D eigenvalue weighted by Gasteiger charge is -2.15. The SMILES string of the molecule is CNC(=S)NS(=O)(=O)c1cc(CC(=O)NC(C)c2cccs2)ccc1OC. The zero-order valence-corrected chi connectivity index (χ0v) is 17.6. The number of carbonyl (C=O) groups is 1. The van der Waals surface area contributed by atoms with E-state index in [0.29, 0.717) is 5.56 Å². The first kappa shape index (κ1) is 21.1. The van der Waals surface area contributed by atoms with Gasteiger partial charge in [-0.25, -0.2) is 8.42 Å². The van der Waals surface area contributed by atoms with Crippen molar-refractivity contribution in [2.75, 3.05) is 14.2 Å². The highest BCUT2D eigenvalue weighted by molar-refractivity contribution is 7.92. The van der Waals surface area contributed by atoms with Crippen LogP contribution in [0.1, 0.15) is 23.4 Å². The van der Waals surface area contributed by atoms with Gasteiger partial charge in [0.2, 0.25) is 5.91 Å². The fourth-order valence-electron chi connectivity index (χ4n) is 2.36. The summed E-state index contributed by atoms with van der Waals surface area (Å²) in [5, 5.41) is 7.36. The molecule has 0 bridgehead atoms. The Hall–Kier alpha value is -2.17. The summed E-state index contributed by atoms with van der Waals surface area (Å²) in [5.74, 6) is -0.0411. The molecule has 1 heterocycles. The second-order valence-electron chi connectivity index (χ2n) is 5.65. The van der Waals surface area contributed by atoms with Crippen LogP contribution in [0.4, 0.5) is 0 Å². The van der Waals surface area contributed by atoms with Gasteiger partial charge in [-0.3, -0.25) is 9.52 Å². The fourth-order valence-corrected chi connectivity index (χ4v) is 4.60. The third-order valence-corrected chi connectivity index (χ3v) is 6.55. The van der Waals surface area contributed by atoms with Gasteiger partial charge in [0.25, 0.3) is 10.0 Å². The monoisotopic (exact) mass is 427 g/mol. The largest absolute Gasteiger partial charge is 0.495 e. The molecule has 1 aromatic heterocycles. The van der Waals surface area contributed by atoms with Crippen molar-refractivity contribution in [1.82, 2.24) is 15.4 Å². The lowest BCUT2D eigenvalue weighted by molar-refractivity contribution is -0.121. The quantitative estimate of drug-likeness (QED) is 0.585. The molecular weight excluding hydrogens is 406 g/mol. The summed E-state index contributed by atoms with van der Waals surface area (Å²) in [4.78, 5) is 13.3. The summed E-state index contributed by atoms with van der Waals surface area (Å²) in [6, 6.07) is 8.34. The predicted octanol–water partition coefficient (Wildman–Crippen LogP) is 1.96. The highest BCUT2D eigenvalue weighted by Gasteiger charge is 2.22. The Kier molecular flexibility index (Phi) is 7.17. The highest BCUT2D eigenvalue weighted by atomic mass is 32.2. The minimum Gasteiger partial charge on any atom is -0.495 e. The maximum absolute atomic E-state index is 12.5. The molecule has 3 N–H and O–H groups in total. The first-order valence-corrected chi connectivity index (χ1v) is 10.8. The molecule has 1 unspecified atom stereocenters. The lowest BCUT2D eigenvalue weighted by atomic mass is 10.1. The minimum atomic E-state index is -3.94. The number of benzene rings is 1. The van der Waals surface area contributed by atoms with Gasteiger partial charge >= 0.3 is 0 Å². The Balaban J connectivity index is 2.18. The molecule has 0 saturated heterocycles. The Morgan fingerprint density at radius 3 is 2.67 bits per heavy atom. The maximum atomic E-state index is 12.5. The van der Waals surface area contributed by atoms with E-state index in [0.717, 1.165) is 4.88 Å². The Morgan fingerprint density at radius 2 is 2.07 bits per heavy atom. The van der Waals surface area contributed by atoms with Crippen LogP contribution in [-0.2, 0) is 21.2 Å². The van der Waals surface area contributed by atoms with Gasteiger partial charge in [-0.05, 0) is 48.3 Å². The van der Waals surface area contributed by atoms with Gasteiger partial charge in [0, 0.05) is 11.9 Å². The second-order valence-corrected chi connectivity index (χ2v) is 8.69. The highest BCUT2D eigenvalue weighted by Crippen LogP contribution is 2.25. The molecule has 0 saturated carbocycles. The van der Waals surface area contributed by atoms with Gasteiger partial charge in [0.15, 0.2) is 5.11 Å². The van der Waals surface area contributed by atoms with Gasteiger partial charge in [0.05, 0.1) is 19.6 Å². The lowest BCUT2D eigenvalue weighted by Crippen LogP contribution is -2.37. The number of sulfonamides is 1. The zero-order valence-electron chi connectivity index (χ0n) is 15.1. The average Bonchev–Trinajstić information content (AvgIpc) is 3.16. The average molecular weight is 428 g/mol. The zero-order chi connectivity index (χ0) is 20.0. The molecule has 0 radical (unpaired) electrons. The summed E-state index contributed by atoms with van der Waals surface area (Å²) in [7, 11) is -1.05. The van der Waals surface area contributed by atoms with Crippen LogP contribution in [0.5, 0.6) is 5.75 Å². The number of carbonyl (C=O) groups excluding carboxylic acids is 1. The van der Waals surface area contributed by atoms with E-state index in [1.165, 1.54) is 26.3 Å². The van der Waals surface area contributed by atoms with E-state index in [4.69, 9.17) is 17.0 Å². The smallest absolute Gasteiger partial charge is 0.267 e. The maximum Gasteiger partial charge on any atom is 0.267 e. The van der Waals surface area contributed by atoms with Crippen LogP contribution < -0.4 is 20.1 Å². The van der Waals surface area contributed by atoms with Crippen molar-refractivity contribution in [3.63, 3.8) is 0 Å². The van der Waals surface area contributed by atoms with E-state index in [2.05, 4.69) is 15.4 Å². The van der Waals surface area contributed by atoms with E-state index in [1.807, 2.05) is 24.4 Å². The van der Waals surface area contributed by atoms with Crippen molar-refractivity contribution in [3.8, 4) is 5.75 Å². The number of hydrogen-bond donors (Lipinski definition) is 3. The molecule has 146 valence electrons. The van der Waals surface area contributed by atoms with Crippen LogP contribution >= 0.6 is 23.6 Å². The molecule has 0 aliphatic heterocycles. The summed E-state index contributed by atoms with van der Waals surface area (Å²) in [6.07, 6.45) is 0.0404. The number of hydrogen-bond acceptors (Lipinski definition) is 6. The first-order valence-electron chi connectivity index (χ1n) is 8.01. The van der Waals surface area contributed by atoms with Gasteiger partial charge in [-0.15, -0.1) is 11.3 Å². The minimum absolute atomic E-state index is 0.0371. The molecule has 1 atom stereocenters. The second kappa shape index (κ2) is 9.16. The van der Waals surface area contributed by atoms with Gasteiger partial charge in [-0.2, -0.15) is 0 Å². The molecule has 1 amide bonds. The molecule has 2 rings (SSSR count).